The van der Waals surface area contributed by atoms with Crippen molar-refractivity contribution in [3.63, 3.8) is 0 Å². The third kappa shape index (κ3) is 4.90. The third-order valence-electron chi connectivity index (χ3n) is 5.76. The van der Waals surface area contributed by atoms with Gasteiger partial charge in [0.2, 0.25) is 5.91 Å². The molecule has 1 atom stereocenters. The normalized spacial score (nSPS) is 17.3. The number of para-hydroxylation sites is 1. The minimum atomic E-state index is -0.815. The summed E-state index contributed by atoms with van der Waals surface area (Å²) in [5, 5.41) is 4.36. The Hall–Kier alpha value is -4.12. The van der Waals surface area contributed by atoms with Gasteiger partial charge in [0, 0.05) is 25.4 Å². The average molecular weight is 484 g/mol. The first-order valence-corrected chi connectivity index (χ1v) is 10.9. The molecule has 10 nitrogen and oxygen atoms in total. The number of benzene rings is 2. The molecular formula is C24H26FN5O5. The van der Waals surface area contributed by atoms with Crippen LogP contribution in [-0.4, -0.2) is 66.5 Å². The fourth-order valence-corrected chi connectivity index (χ4v) is 4.06. The number of carbonyl (C=O) groups is 3. The minimum Gasteiger partial charge on any atom is -0.493 e. The number of urea groups is 1. The molecule has 1 saturated heterocycles. The van der Waals surface area contributed by atoms with E-state index in [9.17, 15) is 18.8 Å². The molecule has 1 fully saturated rings. The summed E-state index contributed by atoms with van der Waals surface area (Å²) in [5.74, 6) is -0.250. The Morgan fingerprint density at radius 2 is 1.83 bits per heavy atom. The van der Waals surface area contributed by atoms with Crippen LogP contribution in [0.4, 0.5) is 9.18 Å². The van der Waals surface area contributed by atoms with Gasteiger partial charge in [0.1, 0.15) is 18.4 Å². The minimum absolute atomic E-state index is 0.0494. The molecule has 2 aliphatic heterocycles. The van der Waals surface area contributed by atoms with Gasteiger partial charge in [0.25, 0.3) is 5.91 Å². The molecule has 184 valence electrons. The van der Waals surface area contributed by atoms with Crippen molar-refractivity contribution in [2.24, 2.45) is 0 Å². The first-order valence-electron chi connectivity index (χ1n) is 10.9. The maximum absolute atomic E-state index is 13.3. The molecule has 35 heavy (non-hydrogen) atoms. The lowest BCUT2D eigenvalue weighted by atomic mass is 10.1. The third-order valence-corrected chi connectivity index (χ3v) is 5.76. The van der Waals surface area contributed by atoms with Crippen LogP contribution >= 0.6 is 0 Å². The van der Waals surface area contributed by atoms with Crippen molar-refractivity contribution >= 4 is 17.8 Å². The van der Waals surface area contributed by atoms with E-state index in [1.807, 2.05) is 0 Å². The van der Waals surface area contributed by atoms with E-state index in [4.69, 9.17) is 9.47 Å². The number of nitrogens with one attached hydrogen (secondary N) is 2. The SMILES string of the molecule is COc1cccc(CNC(=O)CN2C(=O)N(Cc3ccc(F)cc3)C(=O)C3NN(C)C=C32)c1OC. The molecule has 0 radical (unpaired) electrons. The van der Waals surface area contributed by atoms with Gasteiger partial charge >= 0.3 is 6.03 Å². The zero-order chi connectivity index (χ0) is 25.1. The summed E-state index contributed by atoms with van der Waals surface area (Å²) in [6.45, 7) is -0.192. The van der Waals surface area contributed by atoms with Crippen molar-refractivity contribution in [2.45, 2.75) is 19.1 Å². The van der Waals surface area contributed by atoms with Crippen molar-refractivity contribution in [1.82, 2.24) is 25.6 Å². The van der Waals surface area contributed by atoms with Gasteiger partial charge < -0.3 is 19.8 Å². The van der Waals surface area contributed by atoms with Gasteiger partial charge in [-0.05, 0) is 23.8 Å². The van der Waals surface area contributed by atoms with Gasteiger partial charge in [-0.15, -0.1) is 0 Å². The number of hydrazine groups is 1. The van der Waals surface area contributed by atoms with Crippen molar-refractivity contribution in [1.29, 1.82) is 0 Å². The monoisotopic (exact) mass is 483 g/mol. The van der Waals surface area contributed by atoms with Gasteiger partial charge in [-0.3, -0.25) is 19.4 Å². The molecule has 2 N–H and O–H groups in total. The summed E-state index contributed by atoms with van der Waals surface area (Å²) < 4.78 is 24.0. The highest BCUT2D eigenvalue weighted by Gasteiger charge is 2.46. The number of amides is 4. The van der Waals surface area contributed by atoms with E-state index in [0.29, 0.717) is 28.3 Å². The molecule has 2 aromatic rings. The predicted molar refractivity (Wildman–Crippen MR) is 123 cm³/mol. The number of halogens is 1. The molecule has 2 aromatic carbocycles. The highest BCUT2D eigenvalue weighted by atomic mass is 19.1. The van der Waals surface area contributed by atoms with Crippen LogP contribution in [0.25, 0.3) is 0 Å². The second kappa shape index (κ2) is 10.0. The summed E-state index contributed by atoms with van der Waals surface area (Å²) in [5.41, 5.74) is 4.65. The summed E-state index contributed by atoms with van der Waals surface area (Å²) in [6.07, 6.45) is 1.61. The number of rotatable bonds is 8. The Labute approximate surface area is 201 Å². The molecular weight excluding hydrogens is 457 g/mol. The maximum atomic E-state index is 13.3. The van der Waals surface area contributed by atoms with Gasteiger partial charge in [-0.1, -0.05) is 24.3 Å². The fourth-order valence-electron chi connectivity index (χ4n) is 4.06. The molecule has 2 aliphatic rings. The Bertz CT molecular complexity index is 1170. The smallest absolute Gasteiger partial charge is 0.331 e. The number of fused-ring (bicyclic) bond motifs is 1. The Morgan fingerprint density at radius 3 is 2.51 bits per heavy atom. The first kappa shape index (κ1) is 24.0. The van der Waals surface area contributed by atoms with E-state index in [1.165, 1.54) is 43.4 Å². The van der Waals surface area contributed by atoms with Crippen molar-refractivity contribution < 1.29 is 28.2 Å². The molecule has 0 bridgehead atoms. The highest BCUT2D eigenvalue weighted by Crippen LogP contribution is 2.31. The van der Waals surface area contributed by atoms with Crippen molar-refractivity contribution in [2.75, 3.05) is 27.8 Å². The van der Waals surface area contributed by atoms with E-state index in [-0.39, 0.29) is 19.6 Å². The zero-order valence-electron chi connectivity index (χ0n) is 19.6. The standard InChI is InChI=1S/C24H26FN5O5/c1-28-13-18-21(27-28)23(32)30(12-15-7-9-17(25)10-8-15)24(33)29(18)14-20(31)26-11-16-5-4-6-19(34-2)22(16)35-3/h4-10,13,21,27H,11-12,14H2,1-3H3,(H,26,31). The summed E-state index contributed by atoms with van der Waals surface area (Å²) >= 11 is 0. The van der Waals surface area contributed by atoms with E-state index in [0.717, 1.165) is 4.90 Å². The lowest BCUT2D eigenvalue weighted by molar-refractivity contribution is -0.134. The molecule has 0 aromatic heterocycles. The van der Waals surface area contributed by atoms with Crippen molar-refractivity contribution in [3.8, 4) is 11.5 Å². The molecule has 0 saturated carbocycles. The van der Waals surface area contributed by atoms with Crippen LogP contribution in [0.15, 0.2) is 54.4 Å². The first-order chi connectivity index (χ1) is 16.8. The second-order valence-corrected chi connectivity index (χ2v) is 8.08. The van der Waals surface area contributed by atoms with Crippen LogP contribution in [-0.2, 0) is 22.7 Å². The Balaban J connectivity index is 1.50. The van der Waals surface area contributed by atoms with Crippen LogP contribution in [0.2, 0.25) is 0 Å². The van der Waals surface area contributed by atoms with E-state index in [2.05, 4.69) is 10.7 Å². The number of imide groups is 1. The average Bonchev–Trinajstić information content (AvgIpc) is 3.25. The van der Waals surface area contributed by atoms with Crippen LogP contribution in [0.3, 0.4) is 0 Å². The number of nitrogens with zero attached hydrogens (tertiary/aromatic N) is 3. The van der Waals surface area contributed by atoms with Gasteiger partial charge in [-0.2, -0.15) is 0 Å². The molecule has 4 rings (SSSR count). The van der Waals surface area contributed by atoms with E-state index >= 15 is 0 Å². The molecule has 0 spiro atoms. The summed E-state index contributed by atoms with van der Waals surface area (Å²) in [4.78, 5) is 41.5. The largest absolute Gasteiger partial charge is 0.493 e. The number of hydrogen-bond donors (Lipinski definition) is 2. The molecule has 2 heterocycles. The molecule has 4 amide bonds. The molecule has 11 heteroatoms. The van der Waals surface area contributed by atoms with Crippen LogP contribution in [0.5, 0.6) is 11.5 Å². The quantitative estimate of drug-likeness (QED) is 0.588. The number of carbonyl (C=O) groups excluding carboxylic acids is 3. The fraction of sp³-hybridized carbons (Fsp3) is 0.292. The van der Waals surface area contributed by atoms with Gasteiger partial charge in [0.05, 0.1) is 26.5 Å². The summed E-state index contributed by atoms with van der Waals surface area (Å²) in [6, 6.07) is 9.42. The van der Waals surface area contributed by atoms with Gasteiger partial charge in [0.15, 0.2) is 11.5 Å². The van der Waals surface area contributed by atoms with Crippen LogP contribution in [0.1, 0.15) is 11.1 Å². The highest BCUT2D eigenvalue weighted by molar-refractivity contribution is 6.04. The Kier molecular flexibility index (Phi) is 6.87. The molecule has 0 aliphatic carbocycles. The van der Waals surface area contributed by atoms with Crippen LogP contribution < -0.4 is 20.2 Å². The van der Waals surface area contributed by atoms with Crippen LogP contribution in [0, 0.1) is 5.82 Å². The van der Waals surface area contributed by atoms with E-state index in [1.54, 1.807) is 36.5 Å². The van der Waals surface area contributed by atoms with Gasteiger partial charge in [-0.25, -0.2) is 14.6 Å². The lowest BCUT2D eigenvalue weighted by Gasteiger charge is -2.37. The topological polar surface area (TPSA) is 103 Å². The summed E-state index contributed by atoms with van der Waals surface area (Å²) in [7, 11) is 4.73. The number of ether oxygens (including phenoxy) is 2. The lowest BCUT2D eigenvalue weighted by Crippen LogP contribution is -2.61. The Morgan fingerprint density at radius 1 is 1.09 bits per heavy atom. The number of hydrogen-bond acceptors (Lipinski definition) is 7. The maximum Gasteiger partial charge on any atom is 0.331 e. The zero-order valence-corrected chi connectivity index (χ0v) is 19.6. The molecule has 1 unspecified atom stereocenters. The van der Waals surface area contributed by atoms with Crippen molar-refractivity contribution in [3.05, 3.63) is 71.3 Å². The number of methoxy groups -OCH3 is 2. The predicted octanol–water partition coefficient (Wildman–Crippen LogP) is 1.58. The van der Waals surface area contributed by atoms with E-state index < -0.39 is 29.7 Å². The second-order valence-electron chi connectivity index (χ2n) is 8.08.